The van der Waals surface area contributed by atoms with Crippen LogP contribution in [0.1, 0.15) is 24.5 Å². The number of nitrogens with zero attached hydrogens (tertiary/aromatic N) is 2. The Morgan fingerprint density at radius 1 is 1.03 bits per heavy atom. The van der Waals surface area contributed by atoms with Crippen molar-refractivity contribution in [1.29, 1.82) is 0 Å². The standard InChI is InChI=1S/C22H29N3O4S/c1-5-20(22(27)23-3)24(15-18-9-7-6-8-10-18)21(26)16-25(30(4,28)29)19-13-11-17(2)12-14-19/h6-14,20H,5,15-16H2,1-4H3,(H,23,27). The van der Waals surface area contributed by atoms with Gasteiger partial charge in [-0.15, -0.1) is 0 Å². The van der Waals surface area contributed by atoms with E-state index in [2.05, 4.69) is 5.32 Å². The Labute approximate surface area is 178 Å². The molecule has 1 atom stereocenters. The number of hydrogen-bond acceptors (Lipinski definition) is 4. The number of carbonyl (C=O) groups is 2. The Balaban J connectivity index is 2.39. The molecule has 2 amide bonds. The molecule has 8 heteroatoms. The molecular formula is C22H29N3O4S. The Hall–Kier alpha value is -2.87. The molecule has 0 spiro atoms. The highest BCUT2D eigenvalue weighted by Gasteiger charge is 2.31. The van der Waals surface area contributed by atoms with E-state index in [9.17, 15) is 18.0 Å². The number of nitrogens with one attached hydrogen (secondary N) is 1. The van der Waals surface area contributed by atoms with Crippen LogP contribution in [0.25, 0.3) is 0 Å². The summed E-state index contributed by atoms with van der Waals surface area (Å²) in [6.07, 6.45) is 1.47. The van der Waals surface area contributed by atoms with Crippen LogP contribution >= 0.6 is 0 Å². The summed E-state index contributed by atoms with van der Waals surface area (Å²) in [6.45, 7) is 3.54. The average molecular weight is 432 g/mol. The molecule has 0 aliphatic carbocycles. The topological polar surface area (TPSA) is 86.8 Å². The number of amides is 2. The van der Waals surface area contributed by atoms with Crippen LogP contribution in [0.3, 0.4) is 0 Å². The van der Waals surface area contributed by atoms with Crippen molar-refractivity contribution in [2.75, 3.05) is 24.2 Å². The van der Waals surface area contributed by atoms with Gasteiger partial charge in [-0.2, -0.15) is 0 Å². The van der Waals surface area contributed by atoms with Crippen LogP contribution in [0.15, 0.2) is 54.6 Å². The fourth-order valence-corrected chi connectivity index (χ4v) is 4.04. The SMILES string of the molecule is CCC(C(=O)NC)N(Cc1ccccc1)C(=O)CN(c1ccc(C)cc1)S(C)(=O)=O. The summed E-state index contributed by atoms with van der Waals surface area (Å²) in [5, 5.41) is 2.59. The first-order valence-electron chi connectivity index (χ1n) is 9.76. The summed E-state index contributed by atoms with van der Waals surface area (Å²) in [5.74, 6) is -0.733. The molecule has 30 heavy (non-hydrogen) atoms. The predicted molar refractivity (Wildman–Crippen MR) is 119 cm³/mol. The smallest absolute Gasteiger partial charge is 0.244 e. The first-order chi connectivity index (χ1) is 14.2. The van der Waals surface area contributed by atoms with Gasteiger partial charge in [-0.1, -0.05) is 55.0 Å². The maximum Gasteiger partial charge on any atom is 0.244 e. The maximum absolute atomic E-state index is 13.3. The van der Waals surface area contributed by atoms with E-state index in [1.54, 1.807) is 24.3 Å². The monoisotopic (exact) mass is 431 g/mol. The van der Waals surface area contributed by atoms with Gasteiger partial charge in [0.15, 0.2) is 0 Å². The minimum Gasteiger partial charge on any atom is -0.357 e. The van der Waals surface area contributed by atoms with Crippen LogP contribution in [0.5, 0.6) is 0 Å². The van der Waals surface area contributed by atoms with Gasteiger partial charge in [0.05, 0.1) is 11.9 Å². The van der Waals surface area contributed by atoms with Crippen molar-refractivity contribution in [2.24, 2.45) is 0 Å². The van der Waals surface area contributed by atoms with Gasteiger partial charge in [-0.25, -0.2) is 8.42 Å². The molecule has 0 fully saturated rings. The lowest BCUT2D eigenvalue weighted by atomic mass is 10.1. The minimum atomic E-state index is -3.71. The van der Waals surface area contributed by atoms with Crippen LogP contribution in [0, 0.1) is 6.92 Å². The molecule has 0 heterocycles. The second-order valence-electron chi connectivity index (χ2n) is 7.15. The van der Waals surface area contributed by atoms with Gasteiger partial charge < -0.3 is 10.2 Å². The molecule has 0 aliphatic rings. The van der Waals surface area contributed by atoms with Gasteiger partial charge in [0.1, 0.15) is 12.6 Å². The summed E-state index contributed by atoms with van der Waals surface area (Å²) in [4.78, 5) is 27.2. The quantitative estimate of drug-likeness (QED) is 0.660. The van der Waals surface area contributed by atoms with E-state index in [1.807, 2.05) is 44.2 Å². The van der Waals surface area contributed by atoms with Crippen molar-refractivity contribution in [1.82, 2.24) is 10.2 Å². The van der Waals surface area contributed by atoms with Gasteiger partial charge in [0, 0.05) is 13.6 Å². The molecule has 2 aromatic rings. The molecule has 0 saturated heterocycles. The lowest BCUT2D eigenvalue weighted by Crippen LogP contribution is -2.51. The Bertz CT molecular complexity index is 960. The largest absolute Gasteiger partial charge is 0.357 e. The molecule has 0 aromatic heterocycles. The minimum absolute atomic E-state index is 0.205. The third kappa shape index (κ3) is 6.06. The number of sulfonamides is 1. The van der Waals surface area contributed by atoms with Crippen molar-refractivity contribution in [3.8, 4) is 0 Å². The molecular weight excluding hydrogens is 402 g/mol. The highest BCUT2D eigenvalue weighted by atomic mass is 32.2. The fourth-order valence-electron chi connectivity index (χ4n) is 3.19. The fraction of sp³-hybridized carbons (Fsp3) is 0.364. The number of aryl methyl sites for hydroxylation is 1. The van der Waals surface area contributed by atoms with Crippen LogP contribution < -0.4 is 9.62 Å². The summed E-state index contributed by atoms with van der Waals surface area (Å²) in [6, 6.07) is 15.5. The van der Waals surface area contributed by atoms with Crippen LogP contribution in [-0.4, -0.2) is 51.0 Å². The molecule has 7 nitrogen and oxygen atoms in total. The van der Waals surface area contributed by atoms with Gasteiger partial charge in [-0.05, 0) is 31.0 Å². The van der Waals surface area contributed by atoms with Crippen molar-refractivity contribution >= 4 is 27.5 Å². The zero-order valence-electron chi connectivity index (χ0n) is 17.8. The normalized spacial score (nSPS) is 12.1. The predicted octanol–water partition coefficient (Wildman–Crippen LogP) is 2.31. The van der Waals surface area contributed by atoms with Gasteiger partial charge >= 0.3 is 0 Å². The first kappa shape index (κ1) is 23.4. The van der Waals surface area contributed by atoms with Gasteiger partial charge in [0.2, 0.25) is 21.8 Å². The van der Waals surface area contributed by atoms with Crippen LogP contribution in [-0.2, 0) is 26.2 Å². The number of anilines is 1. The number of benzene rings is 2. The third-order valence-corrected chi connectivity index (χ3v) is 5.97. The summed E-state index contributed by atoms with van der Waals surface area (Å²) >= 11 is 0. The third-order valence-electron chi connectivity index (χ3n) is 4.83. The highest BCUT2D eigenvalue weighted by Crippen LogP contribution is 2.20. The summed E-state index contributed by atoms with van der Waals surface area (Å²) in [5.41, 5.74) is 2.24. The molecule has 0 radical (unpaired) electrons. The molecule has 0 aliphatic heterocycles. The molecule has 1 N–H and O–H groups in total. The van der Waals surface area contributed by atoms with E-state index in [-0.39, 0.29) is 19.0 Å². The zero-order chi connectivity index (χ0) is 22.3. The van der Waals surface area contributed by atoms with Crippen molar-refractivity contribution in [3.05, 3.63) is 65.7 Å². The lowest BCUT2D eigenvalue weighted by Gasteiger charge is -2.32. The Kier molecular flexibility index (Phi) is 8.00. The van der Waals surface area contributed by atoms with E-state index in [0.717, 1.165) is 21.7 Å². The molecule has 0 bridgehead atoms. The van der Waals surface area contributed by atoms with Gasteiger partial charge in [0.25, 0.3) is 0 Å². The van der Waals surface area contributed by atoms with Crippen molar-refractivity contribution in [2.45, 2.75) is 32.9 Å². The second-order valence-corrected chi connectivity index (χ2v) is 9.06. The summed E-state index contributed by atoms with van der Waals surface area (Å²) < 4.78 is 25.9. The van der Waals surface area contributed by atoms with Gasteiger partial charge in [-0.3, -0.25) is 13.9 Å². The average Bonchev–Trinajstić information content (AvgIpc) is 2.72. The Morgan fingerprint density at radius 3 is 2.13 bits per heavy atom. The Morgan fingerprint density at radius 2 is 1.63 bits per heavy atom. The van der Waals surface area contributed by atoms with Crippen molar-refractivity contribution < 1.29 is 18.0 Å². The molecule has 162 valence electrons. The highest BCUT2D eigenvalue weighted by molar-refractivity contribution is 7.92. The van der Waals surface area contributed by atoms with E-state index >= 15 is 0 Å². The summed E-state index contributed by atoms with van der Waals surface area (Å²) in [7, 11) is -2.19. The molecule has 1 unspecified atom stereocenters. The zero-order valence-corrected chi connectivity index (χ0v) is 18.6. The van der Waals surface area contributed by atoms with E-state index in [0.29, 0.717) is 12.1 Å². The van der Waals surface area contributed by atoms with Crippen LogP contribution in [0.4, 0.5) is 5.69 Å². The van der Waals surface area contributed by atoms with E-state index in [4.69, 9.17) is 0 Å². The van der Waals surface area contributed by atoms with Crippen LogP contribution in [0.2, 0.25) is 0 Å². The maximum atomic E-state index is 13.3. The molecule has 2 rings (SSSR count). The number of carbonyl (C=O) groups excluding carboxylic acids is 2. The van der Waals surface area contributed by atoms with E-state index < -0.39 is 22.0 Å². The first-order valence-corrected chi connectivity index (χ1v) is 11.6. The number of hydrogen-bond donors (Lipinski definition) is 1. The van der Waals surface area contributed by atoms with Crippen molar-refractivity contribution in [3.63, 3.8) is 0 Å². The second kappa shape index (κ2) is 10.2. The number of likely N-dealkylation sites (N-methyl/N-ethyl adjacent to an activating group) is 1. The molecule has 0 saturated carbocycles. The van der Waals surface area contributed by atoms with E-state index in [1.165, 1.54) is 11.9 Å². The number of rotatable bonds is 9. The molecule has 2 aromatic carbocycles. The lowest BCUT2D eigenvalue weighted by molar-refractivity contribution is -0.140.